The molecular weight excluding hydrogens is 416 g/mol. The number of Topliss-reactive ketones (excluding diaryl/α,β-unsaturated/α-hetero) is 1. The lowest BCUT2D eigenvalue weighted by molar-refractivity contribution is -0.384. The number of hydrogen-bond donors (Lipinski definition) is 0. The fourth-order valence-electron chi connectivity index (χ4n) is 6.72. The van der Waals surface area contributed by atoms with E-state index < -0.39 is 21.8 Å². The second kappa shape index (κ2) is 6.48. The van der Waals surface area contributed by atoms with Crippen LogP contribution in [-0.4, -0.2) is 28.2 Å². The number of benzene rings is 3. The molecule has 0 saturated carbocycles. The van der Waals surface area contributed by atoms with Gasteiger partial charge in [-0.15, -0.1) is 0 Å². The van der Waals surface area contributed by atoms with E-state index in [1.807, 2.05) is 30.3 Å². The zero-order valence-electron chi connectivity index (χ0n) is 17.6. The molecule has 0 aromatic heterocycles. The summed E-state index contributed by atoms with van der Waals surface area (Å²) >= 11 is 0. The van der Waals surface area contributed by atoms with Crippen LogP contribution in [0.15, 0.2) is 60.7 Å². The highest BCUT2D eigenvalue weighted by atomic mass is 16.6. The summed E-state index contributed by atoms with van der Waals surface area (Å²) in [5, 5.41) is 34.2. The van der Waals surface area contributed by atoms with Crippen LogP contribution in [0.2, 0.25) is 0 Å². The molecular formula is C26H18N4O3. The number of rotatable bonds is 2. The highest BCUT2D eigenvalue weighted by Crippen LogP contribution is 2.67. The van der Waals surface area contributed by atoms with Crippen LogP contribution in [0.3, 0.4) is 0 Å². The van der Waals surface area contributed by atoms with Crippen molar-refractivity contribution in [2.24, 2.45) is 5.41 Å². The van der Waals surface area contributed by atoms with Crippen LogP contribution in [0, 0.1) is 38.2 Å². The summed E-state index contributed by atoms with van der Waals surface area (Å²) in [6.45, 7) is 0.607. The Morgan fingerprint density at radius 2 is 1.73 bits per heavy atom. The van der Waals surface area contributed by atoms with Crippen molar-refractivity contribution in [2.45, 2.75) is 30.3 Å². The van der Waals surface area contributed by atoms with Gasteiger partial charge in [-0.25, -0.2) is 0 Å². The van der Waals surface area contributed by atoms with Gasteiger partial charge in [-0.05, 0) is 41.3 Å². The molecule has 160 valence electrons. The molecule has 33 heavy (non-hydrogen) atoms. The predicted octanol–water partition coefficient (Wildman–Crippen LogP) is 4.43. The standard InChI is InChI=1S/C26H18N4O3/c27-14-25(15-28)23(17-9-11-18(12-10-17)30(32)33)21-8-3-13-29(21)26(25)20-7-2-5-16-4-1-6-19(22(16)20)24(26)31/h1-2,4-7,9-12,21,23H,3,8,13H2/t21-,23-,26+/m1/s1. The van der Waals surface area contributed by atoms with Crippen LogP contribution in [0.5, 0.6) is 0 Å². The lowest BCUT2D eigenvalue weighted by Gasteiger charge is -2.40. The number of nitriles is 2. The normalized spacial score (nSPS) is 26.9. The molecule has 7 nitrogen and oxygen atoms in total. The van der Waals surface area contributed by atoms with Gasteiger partial charge in [0.05, 0.1) is 17.1 Å². The smallest absolute Gasteiger partial charge is 0.269 e. The second-order valence-electron chi connectivity index (χ2n) is 9.01. The minimum Gasteiger partial charge on any atom is -0.292 e. The summed E-state index contributed by atoms with van der Waals surface area (Å²) in [4.78, 5) is 27.1. The molecule has 2 saturated heterocycles. The number of carbonyl (C=O) groups is 1. The first-order valence-electron chi connectivity index (χ1n) is 10.9. The average Bonchev–Trinajstić information content (AvgIpc) is 3.47. The Labute approximate surface area is 189 Å². The Balaban J connectivity index is 1.67. The summed E-state index contributed by atoms with van der Waals surface area (Å²) in [5.74, 6) is -0.780. The van der Waals surface area contributed by atoms with Crippen molar-refractivity contribution < 1.29 is 9.72 Å². The minimum absolute atomic E-state index is 0.0524. The number of carbonyl (C=O) groups excluding carboxylic acids is 1. The number of nitro benzene ring substituents is 1. The molecule has 0 bridgehead atoms. The molecule has 1 aliphatic carbocycles. The molecule has 2 fully saturated rings. The van der Waals surface area contributed by atoms with Crippen molar-refractivity contribution in [3.63, 3.8) is 0 Å². The quantitative estimate of drug-likeness (QED) is 0.436. The lowest BCUT2D eigenvalue weighted by atomic mass is 9.60. The third kappa shape index (κ3) is 2.08. The molecule has 7 heteroatoms. The zero-order valence-corrected chi connectivity index (χ0v) is 17.6. The van der Waals surface area contributed by atoms with E-state index in [-0.39, 0.29) is 17.5 Å². The Bertz CT molecular complexity index is 1430. The van der Waals surface area contributed by atoms with Gasteiger partial charge in [-0.3, -0.25) is 19.8 Å². The number of nitrogens with zero attached hydrogens (tertiary/aromatic N) is 4. The number of non-ortho nitro benzene ring substituents is 1. The molecule has 2 aliphatic heterocycles. The van der Waals surface area contributed by atoms with E-state index >= 15 is 0 Å². The van der Waals surface area contributed by atoms with Crippen LogP contribution in [0.25, 0.3) is 10.8 Å². The minimum atomic E-state index is -1.68. The molecule has 6 rings (SSSR count). The molecule has 0 N–H and O–H groups in total. The first-order valence-corrected chi connectivity index (χ1v) is 10.9. The van der Waals surface area contributed by atoms with Gasteiger partial charge < -0.3 is 0 Å². The van der Waals surface area contributed by atoms with Crippen molar-refractivity contribution in [3.05, 3.63) is 87.5 Å². The molecule has 3 aromatic carbocycles. The number of hydrogen-bond acceptors (Lipinski definition) is 6. The number of fused-ring (bicyclic) bond motifs is 3. The molecule has 1 spiro atoms. The largest absolute Gasteiger partial charge is 0.292 e. The van der Waals surface area contributed by atoms with Gasteiger partial charge in [0.25, 0.3) is 5.69 Å². The summed E-state index contributed by atoms with van der Waals surface area (Å²) < 4.78 is 0. The predicted molar refractivity (Wildman–Crippen MR) is 119 cm³/mol. The van der Waals surface area contributed by atoms with Crippen LogP contribution in [0.4, 0.5) is 5.69 Å². The molecule has 3 aromatic rings. The second-order valence-corrected chi connectivity index (χ2v) is 9.01. The first kappa shape index (κ1) is 19.6. The highest BCUT2D eigenvalue weighted by Gasteiger charge is 2.76. The van der Waals surface area contributed by atoms with Gasteiger partial charge in [0.1, 0.15) is 5.54 Å². The van der Waals surface area contributed by atoms with Crippen molar-refractivity contribution in [3.8, 4) is 12.1 Å². The van der Waals surface area contributed by atoms with E-state index in [0.29, 0.717) is 17.7 Å². The molecule has 3 aliphatic rings. The van der Waals surface area contributed by atoms with Crippen molar-refractivity contribution in [1.29, 1.82) is 10.5 Å². The SMILES string of the molecule is N#CC1(C#N)[C@H](c2ccc([N+](=O)[O-])cc2)[C@H]2CCCN2[C@@]12C(=O)c1cccc3cccc2c13. The van der Waals surface area contributed by atoms with Gasteiger partial charge in [0.2, 0.25) is 0 Å². The maximum atomic E-state index is 14.3. The van der Waals surface area contributed by atoms with Crippen molar-refractivity contribution in [1.82, 2.24) is 4.90 Å². The third-order valence-corrected chi connectivity index (χ3v) is 7.84. The zero-order chi connectivity index (χ0) is 23.0. The van der Waals surface area contributed by atoms with E-state index in [9.17, 15) is 25.4 Å². The molecule has 0 amide bonds. The van der Waals surface area contributed by atoms with E-state index in [0.717, 1.165) is 29.2 Å². The Hall–Kier alpha value is -4.07. The highest BCUT2D eigenvalue weighted by molar-refractivity contribution is 6.21. The van der Waals surface area contributed by atoms with E-state index in [1.54, 1.807) is 18.2 Å². The van der Waals surface area contributed by atoms with Crippen LogP contribution < -0.4 is 0 Å². The van der Waals surface area contributed by atoms with Crippen molar-refractivity contribution in [2.75, 3.05) is 6.54 Å². The van der Waals surface area contributed by atoms with E-state index in [4.69, 9.17) is 0 Å². The summed E-state index contributed by atoms with van der Waals surface area (Å²) in [6.07, 6.45) is 1.59. The van der Waals surface area contributed by atoms with E-state index in [1.165, 1.54) is 12.1 Å². The van der Waals surface area contributed by atoms with E-state index in [2.05, 4.69) is 17.0 Å². The Morgan fingerprint density at radius 3 is 2.39 bits per heavy atom. The molecule has 3 atom stereocenters. The number of ketones is 1. The van der Waals surface area contributed by atoms with Gasteiger partial charge in [0.15, 0.2) is 11.2 Å². The maximum Gasteiger partial charge on any atom is 0.269 e. The van der Waals surface area contributed by atoms with Gasteiger partial charge in [-0.1, -0.05) is 48.5 Å². The fraction of sp³-hybridized carbons (Fsp3) is 0.269. The molecule has 2 heterocycles. The summed E-state index contributed by atoms with van der Waals surface area (Å²) in [7, 11) is 0. The van der Waals surface area contributed by atoms with Gasteiger partial charge in [0, 0.05) is 29.7 Å². The fourth-order valence-corrected chi connectivity index (χ4v) is 6.72. The monoisotopic (exact) mass is 434 g/mol. The Kier molecular flexibility index (Phi) is 3.85. The third-order valence-electron chi connectivity index (χ3n) is 7.84. The first-order chi connectivity index (χ1) is 16.0. The molecule has 0 radical (unpaired) electrons. The summed E-state index contributed by atoms with van der Waals surface area (Å²) in [6, 6.07) is 21.8. The Morgan fingerprint density at radius 1 is 1.03 bits per heavy atom. The molecule has 0 unspecified atom stereocenters. The number of nitro groups is 1. The maximum absolute atomic E-state index is 14.3. The van der Waals surface area contributed by atoms with Crippen molar-refractivity contribution >= 4 is 22.2 Å². The lowest BCUT2D eigenvalue weighted by Crippen LogP contribution is -2.54. The average molecular weight is 434 g/mol. The van der Waals surface area contributed by atoms with Crippen LogP contribution in [0.1, 0.15) is 40.2 Å². The van der Waals surface area contributed by atoms with Gasteiger partial charge >= 0.3 is 0 Å². The topological polar surface area (TPSA) is 111 Å². The summed E-state index contributed by atoms with van der Waals surface area (Å²) in [5.41, 5.74) is -1.20. The van der Waals surface area contributed by atoms with Gasteiger partial charge in [-0.2, -0.15) is 10.5 Å². The van der Waals surface area contributed by atoms with Crippen LogP contribution >= 0.6 is 0 Å². The van der Waals surface area contributed by atoms with Crippen LogP contribution in [-0.2, 0) is 5.54 Å².